The Labute approximate surface area is 214 Å². The van der Waals surface area contributed by atoms with Crippen LogP contribution in [-0.4, -0.2) is 65.1 Å². The van der Waals surface area contributed by atoms with Gasteiger partial charge in [0, 0.05) is 67.2 Å². The van der Waals surface area contributed by atoms with E-state index in [2.05, 4.69) is 27.2 Å². The first kappa shape index (κ1) is 23.6. The lowest BCUT2D eigenvalue weighted by molar-refractivity contribution is 0.111. The number of nitrogens with one attached hydrogen (secondary N) is 2. The molecule has 0 amide bonds. The van der Waals surface area contributed by atoms with Crippen LogP contribution in [0.5, 0.6) is 0 Å². The van der Waals surface area contributed by atoms with Gasteiger partial charge in [-0.25, -0.2) is 9.97 Å². The third-order valence-corrected chi connectivity index (χ3v) is 8.65. The highest BCUT2D eigenvalue weighted by molar-refractivity contribution is 6.10. The number of hydrogen-bond acceptors (Lipinski definition) is 7. The summed E-state index contributed by atoms with van der Waals surface area (Å²) in [5.41, 5.74) is 3.78. The van der Waals surface area contributed by atoms with Crippen molar-refractivity contribution in [2.45, 2.75) is 76.3 Å². The van der Waals surface area contributed by atoms with Gasteiger partial charge in [0.25, 0.3) is 0 Å². The fraction of sp³-hybridized carbons (Fsp3) is 0.586. The van der Waals surface area contributed by atoms with Gasteiger partial charge in [0.1, 0.15) is 17.3 Å². The summed E-state index contributed by atoms with van der Waals surface area (Å²) in [4.78, 5) is 26.4. The Hall–Kier alpha value is -2.80. The predicted molar refractivity (Wildman–Crippen MR) is 144 cm³/mol. The third kappa shape index (κ3) is 4.90. The largest absolute Gasteiger partial charge is 0.367 e. The molecule has 0 aromatic carbocycles. The highest BCUT2D eigenvalue weighted by Gasteiger charge is 2.32. The first-order chi connectivity index (χ1) is 17.7. The molecule has 0 spiro atoms. The summed E-state index contributed by atoms with van der Waals surface area (Å²) in [6.45, 7) is 4.25. The minimum absolute atomic E-state index is 0.273. The molecule has 4 fully saturated rings. The van der Waals surface area contributed by atoms with Gasteiger partial charge in [0.2, 0.25) is 0 Å². The third-order valence-electron chi connectivity index (χ3n) is 8.65. The number of nitrogens with zero attached hydrogens (tertiary/aromatic N) is 4. The smallest absolute Gasteiger partial charge is 0.168 e. The van der Waals surface area contributed by atoms with Crippen molar-refractivity contribution in [3.63, 3.8) is 0 Å². The summed E-state index contributed by atoms with van der Waals surface area (Å²) in [7, 11) is 0. The molecule has 2 aromatic rings. The van der Waals surface area contributed by atoms with Crippen molar-refractivity contribution >= 4 is 23.6 Å². The van der Waals surface area contributed by atoms with E-state index in [-0.39, 0.29) is 5.92 Å². The van der Waals surface area contributed by atoms with Gasteiger partial charge in [-0.3, -0.25) is 9.69 Å². The summed E-state index contributed by atoms with van der Waals surface area (Å²) in [6.07, 6.45) is 14.7. The Morgan fingerprint density at radius 3 is 2.36 bits per heavy atom. The molecule has 0 unspecified atom stereocenters. The van der Waals surface area contributed by atoms with E-state index in [4.69, 9.17) is 15.4 Å². The van der Waals surface area contributed by atoms with Gasteiger partial charge in [0.05, 0.1) is 0 Å². The molecular formula is C29H38N6O. The van der Waals surface area contributed by atoms with E-state index in [1.54, 1.807) is 0 Å². The molecule has 4 aliphatic rings. The molecule has 3 saturated carbocycles. The molecule has 0 bridgehead atoms. The highest BCUT2D eigenvalue weighted by Crippen LogP contribution is 2.38. The van der Waals surface area contributed by atoms with Gasteiger partial charge in [-0.05, 0) is 62.3 Å². The molecule has 1 aliphatic heterocycles. The van der Waals surface area contributed by atoms with Crippen LogP contribution >= 0.6 is 0 Å². The Morgan fingerprint density at radius 1 is 0.972 bits per heavy atom. The zero-order valence-electron chi connectivity index (χ0n) is 21.2. The van der Waals surface area contributed by atoms with Gasteiger partial charge >= 0.3 is 0 Å². The summed E-state index contributed by atoms with van der Waals surface area (Å²) < 4.78 is 0. The summed E-state index contributed by atoms with van der Waals surface area (Å²) in [6, 6.07) is 7.24. The van der Waals surface area contributed by atoms with E-state index >= 15 is 0 Å². The van der Waals surface area contributed by atoms with Crippen LogP contribution < -0.4 is 10.2 Å². The van der Waals surface area contributed by atoms with Crippen molar-refractivity contribution in [1.29, 1.82) is 5.41 Å². The van der Waals surface area contributed by atoms with Crippen LogP contribution in [0.2, 0.25) is 0 Å². The molecular weight excluding hydrogens is 448 g/mol. The van der Waals surface area contributed by atoms with Crippen LogP contribution in [0.1, 0.15) is 80.3 Å². The van der Waals surface area contributed by atoms with Crippen molar-refractivity contribution in [3.05, 3.63) is 35.7 Å². The molecule has 2 aromatic heterocycles. The second-order valence-corrected chi connectivity index (χ2v) is 11.1. The number of carbonyl (C=O) groups excluding carboxylic acids is 1. The number of aromatic nitrogens is 2. The van der Waals surface area contributed by atoms with Gasteiger partial charge in [-0.1, -0.05) is 25.7 Å². The number of anilines is 2. The van der Waals surface area contributed by atoms with Crippen LogP contribution in [0, 0.1) is 11.3 Å². The van der Waals surface area contributed by atoms with Crippen LogP contribution in [0.15, 0.2) is 24.4 Å². The first-order valence-corrected chi connectivity index (χ1v) is 14.0. The Morgan fingerprint density at radius 2 is 1.75 bits per heavy atom. The van der Waals surface area contributed by atoms with Crippen molar-refractivity contribution in [2.24, 2.45) is 5.92 Å². The average molecular weight is 487 g/mol. The van der Waals surface area contributed by atoms with Crippen LogP contribution in [-0.2, 0) is 0 Å². The summed E-state index contributed by atoms with van der Waals surface area (Å²) in [5, 5.41) is 12.8. The maximum Gasteiger partial charge on any atom is 0.168 e. The van der Waals surface area contributed by atoms with Crippen molar-refractivity contribution in [3.8, 4) is 11.1 Å². The normalized spacial score (nSPS) is 21.7. The van der Waals surface area contributed by atoms with Gasteiger partial charge in [-0.15, -0.1) is 0 Å². The number of hydrogen-bond donors (Lipinski definition) is 2. The minimum Gasteiger partial charge on any atom is -0.367 e. The SMILES string of the molecule is N=C(c1c(-c2ccc(N3CCN(C4CC4)CC3)nc2)cc(C=O)nc1NC1CCCCC1)C1CCC1. The monoisotopic (exact) mass is 486 g/mol. The number of pyridine rings is 2. The summed E-state index contributed by atoms with van der Waals surface area (Å²) in [5.74, 6) is 1.99. The molecule has 0 radical (unpaired) electrons. The molecule has 7 heteroatoms. The molecule has 6 rings (SSSR count). The van der Waals surface area contributed by atoms with Crippen LogP contribution in [0.3, 0.4) is 0 Å². The van der Waals surface area contributed by atoms with E-state index in [0.29, 0.717) is 23.3 Å². The van der Waals surface area contributed by atoms with E-state index in [1.807, 2.05) is 12.3 Å². The Kier molecular flexibility index (Phi) is 6.74. The van der Waals surface area contributed by atoms with Gasteiger partial charge < -0.3 is 15.6 Å². The zero-order valence-corrected chi connectivity index (χ0v) is 21.2. The van der Waals surface area contributed by atoms with Crippen molar-refractivity contribution in [2.75, 3.05) is 36.4 Å². The predicted octanol–water partition coefficient (Wildman–Crippen LogP) is 5.15. The molecule has 1 saturated heterocycles. The fourth-order valence-electron chi connectivity index (χ4n) is 6.06. The van der Waals surface area contributed by atoms with E-state index in [9.17, 15) is 4.79 Å². The molecule has 0 atom stereocenters. The topological polar surface area (TPSA) is 85.2 Å². The van der Waals surface area contributed by atoms with Crippen LogP contribution in [0.4, 0.5) is 11.6 Å². The van der Waals surface area contributed by atoms with E-state index < -0.39 is 0 Å². The molecule has 7 nitrogen and oxygen atoms in total. The van der Waals surface area contributed by atoms with Crippen molar-refractivity contribution in [1.82, 2.24) is 14.9 Å². The molecule has 2 N–H and O–H groups in total. The Balaban J connectivity index is 1.30. The van der Waals surface area contributed by atoms with Gasteiger partial charge in [-0.2, -0.15) is 0 Å². The second-order valence-electron chi connectivity index (χ2n) is 11.1. The maximum atomic E-state index is 11.9. The van der Waals surface area contributed by atoms with E-state index in [1.165, 1.54) is 38.5 Å². The standard InChI is InChI=1S/C29H38N6O/c30-28(20-5-4-6-20)27-25(17-23(19-36)33-29(27)32-22-7-2-1-3-8-22)21-9-12-26(31-18-21)35-15-13-34(14-16-35)24-10-11-24/h9,12,17-20,22,24,30H,1-8,10-11,13-16H2,(H,32,33). The second kappa shape index (κ2) is 10.3. The molecule has 190 valence electrons. The van der Waals surface area contributed by atoms with Crippen molar-refractivity contribution < 1.29 is 4.79 Å². The molecule has 36 heavy (non-hydrogen) atoms. The highest BCUT2D eigenvalue weighted by atomic mass is 16.1. The fourth-order valence-corrected chi connectivity index (χ4v) is 6.06. The van der Waals surface area contributed by atoms with Crippen LogP contribution in [0.25, 0.3) is 11.1 Å². The first-order valence-electron chi connectivity index (χ1n) is 14.0. The average Bonchev–Trinajstić information content (AvgIpc) is 3.74. The Bertz CT molecular complexity index is 1090. The van der Waals surface area contributed by atoms with E-state index in [0.717, 1.165) is 86.7 Å². The molecule has 3 aliphatic carbocycles. The minimum atomic E-state index is 0.273. The lowest BCUT2D eigenvalue weighted by atomic mass is 9.78. The lowest BCUT2D eigenvalue weighted by Gasteiger charge is -2.35. The number of carbonyl (C=O) groups is 1. The summed E-state index contributed by atoms with van der Waals surface area (Å²) >= 11 is 0. The maximum absolute atomic E-state index is 11.9. The number of rotatable bonds is 8. The quantitative estimate of drug-likeness (QED) is 0.396. The number of aldehydes is 1. The molecule has 3 heterocycles. The number of piperazine rings is 1. The van der Waals surface area contributed by atoms with Gasteiger partial charge in [0.15, 0.2) is 6.29 Å². The lowest BCUT2D eigenvalue weighted by Crippen LogP contribution is -2.47. The zero-order chi connectivity index (χ0) is 24.5.